The molecule has 0 aromatic carbocycles. The van der Waals surface area contributed by atoms with Crippen molar-refractivity contribution in [2.75, 3.05) is 6.61 Å². The third kappa shape index (κ3) is 46.9. The van der Waals surface area contributed by atoms with Gasteiger partial charge >= 0.3 is 0 Å². The lowest BCUT2D eigenvalue weighted by Gasteiger charge is -2.19. The zero-order valence-corrected chi connectivity index (χ0v) is 38.9. The summed E-state index contributed by atoms with van der Waals surface area (Å²) < 4.78 is 0. The van der Waals surface area contributed by atoms with E-state index in [1.54, 1.807) is 6.08 Å². The van der Waals surface area contributed by atoms with Gasteiger partial charge in [-0.3, -0.25) is 4.79 Å². The van der Waals surface area contributed by atoms with Gasteiger partial charge in [0.05, 0.1) is 18.8 Å². The van der Waals surface area contributed by atoms with Crippen LogP contribution in [0, 0.1) is 0 Å². The second kappa shape index (κ2) is 50.4. The van der Waals surface area contributed by atoms with E-state index in [1.807, 2.05) is 6.08 Å². The molecule has 0 bridgehead atoms. The summed E-state index contributed by atoms with van der Waals surface area (Å²) in [5, 5.41) is 22.9. The van der Waals surface area contributed by atoms with Crippen molar-refractivity contribution in [3.63, 3.8) is 0 Å². The van der Waals surface area contributed by atoms with Gasteiger partial charge in [0, 0.05) is 6.42 Å². The van der Waals surface area contributed by atoms with Gasteiger partial charge < -0.3 is 15.5 Å². The molecule has 0 spiro atoms. The number of unbranched alkanes of at least 4 members (excludes halogenated alkanes) is 10. The van der Waals surface area contributed by atoms with Crippen LogP contribution in [0.15, 0.2) is 158 Å². The summed E-state index contributed by atoms with van der Waals surface area (Å²) in [6.45, 7) is 4.11. The van der Waals surface area contributed by atoms with Gasteiger partial charge in [0.2, 0.25) is 5.91 Å². The topological polar surface area (TPSA) is 69.6 Å². The summed E-state index contributed by atoms with van der Waals surface area (Å²) in [5.74, 6) is -0.104. The monoisotopic (exact) mass is 836 g/mol. The number of hydrogen-bond donors (Lipinski definition) is 3. The van der Waals surface area contributed by atoms with Crippen molar-refractivity contribution in [3.05, 3.63) is 158 Å². The number of carbonyl (C=O) groups is 1. The highest BCUT2D eigenvalue weighted by Crippen LogP contribution is 2.09. The molecule has 0 aliphatic carbocycles. The van der Waals surface area contributed by atoms with Crippen LogP contribution in [-0.2, 0) is 4.79 Å². The van der Waals surface area contributed by atoms with E-state index in [0.717, 1.165) is 116 Å². The van der Waals surface area contributed by atoms with Crippen LogP contribution >= 0.6 is 0 Å². The van der Waals surface area contributed by atoms with E-state index >= 15 is 0 Å². The SMILES string of the molecule is CC/C=C\C/C=C\C/C=C\C/C=C\C/C=C\C/C=C\C/C=C\C/C=C\C/C=C\C/C=C\C/C=C\CCCCCCCC(=O)NC(CO)C(O)/C=C/CC/C=C/CCCCCC. The normalized spacial score (nSPS) is 14.4. The average molecular weight is 836 g/mol. The van der Waals surface area contributed by atoms with Gasteiger partial charge in [0.25, 0.3) is 0 Å². The second-order valence-electron chi connectivity index (χ2n) is 15.4. The lowest BCUT2D eigenvalue weighted by Crippen LogP contribution is -2.45. The number of aliphatic hydroxyl groups is 2. The molecule has 0 saturated heterocycles. The Bertz CT molecular complexity index is 1360. The number of allylic oxidation sites excluding steroid dienone is 25. The number of nitrogens with one attached hydrogen (secondary N) is 1. The Labute approximate surface area is 376 Å². The van der Waals surface area contributed by atoms with Crippen molar-refractivity contribution >= 4 is 5.91 Å². The summed E-state index contributed by atoms with van der Waals surface area (Å²) in [6, 6.07) is -0.659. The van der Waals surface area contributed by atoms with E-state index in [-0.39, 0.29) is 12.5 Å². The van der Waals surface area contributed by atoms with Crippen LogP contribution in [0.3, 0.4) is 0 Å². The Morgan fingerprint density at radius 3 is 1.15 bits per heavy atom. The van der Waals surface area contributed by atoms with Crippen molar-refractivity contribution in [2.24, 2.45) is 0 Å². The molecule has 61 heavy (non-hydrogen) atoms. The summed E-state index contributed by atoms with van der Waals surface area (Å²) in [6.07, 6.45) is 82.3. The predicted octanol–water partition coefficient (Wildman–Crippen LogP) is 15.8. The fourth-order valence-electron chi connectivity index (χ4n) is 6.08. The van der Waals surface area contributed by atoms with Gasteiger partial charge in [-0.1, -0.05) is 210 Å². The van der Waals surface area contributed by atoms with Crippen LogP contribution in [0.2, 0.25) is 0 Å². The maximum atomic E-state index is 12.4. The Morgan fingerprint density at radius 2 is 0.738 bits per heavy atom. The summed E-state index contributed by atoms with van der Waals surface area (Å²) in [7, 11) is 0. The van der Waals surface area contributed by atoms with E-state index in [1.165, 1.54) is 38.5 Å². The molecule has 4 nitrogen and oxygen atoms in total. The van der Waals surface area contributed by atoms with Gasteiger partial charge in [0.1, 0.15) is 0 Å². The molecule has 0 rings (SSSR count). The summed E-state index contributed by atoms with van der Waals surface area (Å²) in [4.78, 5) is 12.4. The van der Waals surface area contributed by atoms with E-state index in [0.29, 0.717) is 6.42 Å². The minimum atomic E-state index is -0.879. The van der Waals surface area contributed by atoms with Crippen molar-refractivity contribution in [3.8, 4) is 0 Å². The molecule has 2 unspecified atom stereocenters. The average Bonchev–Trinajstić information content (AvgIpc) is 3.26. The molecule has 0 saturated carbocycles. The fraction of sp³-hybridized carbons (Fsp3) is 0.526. The highest BCUT2D eigenvalue weighted by atomic mass is 16.3. The van der Waals surface area contributed by atoms with Crippen molar-refractivity contribution in [2.45, 2.75) is 187 Å². The molecule has 340 valence electrons. The second-order valence-corrected chi connectivity index (χ2v) is 15.4. The predicted molar refractivity (Wildman–Crippen MR) is 271 cm³/mol. The molecular formula is C57H89NO3. The first-order valence-corrected chi connectivity index (χ1v) is 24.2. The van der Waals surface area contributed by atoms with Crippen LogP contribution in [0.1, 0.15) is 174 Å². The van der Waals surface area contributed by atoms with Crippen molar-refractivity contribution < 1.29 is 15.0 Å². The van der Waals surface area contributed by atoms with Gasteiger partial charge in [-0.15, -0.1) is 0 Å². The first-order chi connectivity index (χ1) is 30.2. The largest absolute Gasteiger partial charge is 0.394 e. The van der Waals surface area contributed by atoms with Crippen molar-refractivity contribution in [1.29, 1.82) is 0 Å². The number of hydrogen-bond acceptors (Lipinski definition) is 3. The molecular weight excluding hydrogens is 747 g/mol. The van der Waals surface area contributed by atoms with Crippen molar-refractivity contribution in [1.82, 2.24) is 5.32 Å². The number of amides is 1. The molecule has 0 radical (unpaired) electrons. The smallest absolute Gasteiger partial charge is 0.220 e. The highest BCUT2D eigenvalue weighted by molar-refractivity contribution is 5.76. The van der Waals surface area contributed by atoms with Crippen LogP contribution < -0.4 is 5.32 Å². The molecule has 0 heterocycles. The molecule has 0 aliphatic rings. The Balaban J connectivity index is 3.72. The third-order valence-corrected chi connectivity index (χ3v) is 9.74. The van der Waals surface area contributed by atoms with Crippen LogP contribution in [-0.4, -0.2) is 34.9 Å². The van der Waals surface area contributed by atoms with Gasteiger partial charge in [-0.25, -0.2) is 0 Å². The Kier molecular flexibility index (Phi) is 47.1. The van der Waals surface area contributed by atoms with Gasteiger partial charge in [0.15, 0.2) is 0 Å². The Hall–Kier alpha value is -3.99. The first-order valence-electron chi connectivity index (χ1n) is 24.2. The lowest BCUT2D eigenvalue weighted by atomic mass is 10.1. The van der Waals surface area contributed by atoms with Gasteiger partial charge in [-0.05, 0) is 116 Å². The van der Waals surface area contributed by atoms with E-state index in [4.69, 9.17) is 0 Å². The van der Waals surface area contributed by atoms with Crippen LogP contribution in [0.5, 0.6) is 0 Å². The van der Waals surface area contributed by atoms with Gasteiger partial charge in [-0.2, -0.15) is 0 Å². The molecule has 0 fully saturated rings. The maximum absolute atomic E-state index is 12.4. The molecule has 4 heteroatoms. The number of aliphatic hydroxyl groups excluding tert-OH is 2. The van der Waals surface area contributed by atoms with Crippen LogP contribution in [0.4, 0.5) is 0 Å². The molecule has 2 atom stereocenters. The summed E-state index contributed by atoms with van der Waals surface area (Å²) in [5.41, 5.74) is 0. The molecule has 0 aliphatic heterocycles. The highest BCUT2D eigenvalue weighted by Gasteiger charge is 2.17. The molecule has 1 amide bonds. The van der Waals surface area contributed by atoms with E-state index in [9.17, 15) is 15.0 Å². The molecule has 0 aromatic rings. The maximum Gasteiger partial charge on any atom is 0.220 e. The minimum Gasteiger partial charge on any atom is -0.394 e. The number of carbonyl (C=O) groups excluding carboxylic acids is 1. The first kappa shape index (κ1) is 57.0. The Morgan fingerprint density at radius 1 is 0.410 bits per heavy atom. The zero-order valence-electron chi connectivity index (χ0n) is 38.9. The standard InChI is InChI=1S/C57H89NO3/c1-3-5-7-9-11-13-15-16-17-18-19-20-21-22-23-24-25-26-27-28-29-30-31-32-33-34-35-36-37-38-39-40-41-42-43-45-47-49-51-53-57(61)58-55(54-59)56(60)52-50-48-46-44-14-12-10-8-6-4-2/h5,7,11,13-14,16-17,19-20,22-23,25-26,28-29,31-32,34-35,37-38,40-41,44,50,52,55-56,59-60H,3-4,6,8-10,12,15,18,21,24,27,30,33,36,39,42-43,45-49,51,53-54H2,1-2H3,(H,58,61)/b7-5-,13-11-,17-16-,20-19-,23-22-,26-25-,29-28-,32-31-,35-34-,38-37-,41-40-,44-14+,52-50+. The van der Waals surface area contributed by atoms with E-state index in [2.05, 4.69) is 165 Å². The summed E-state index contributed by atoms with van der Waals surface area (Å²) >= 11 is 0. The van der Waals surface area contributed by atoms with E-state index < -0.39 is 12.1 Å². The quantitative estimate of drug-likeness (QED) is 0.0424. The van der Waals surface area contributed by atoms with Crippen LogP contribution in [0.25, 0.3) is 0 Å². The number of rotatable bonds is 41. The minimum absolute atomic E-state index is 0.104. The lowest BCUT2D eigenvalue weighted by molar-refractivity contribution is -0.123. The zero-order chi connectivity index (χ0) is 44.2. The molecule has 3 N–H and O–H groups in total. The fourth-order valence-corrected chi connectivity index (χ4v) is 6.08. The third-order valence-electron chi connectivity index (χ3n) is 9.74. The molecule has 0 aromatic heterocycles.